The molecular formula is C24H28N2O6. The highest BCUT2D eigenvalue weighted by atomic mass is 16.6. The van der Waals surface area contributed by atoms with E-state index in [0.717, 1.165) is 16.7 Å². The molecule has 4 rings (SSSR count). The zero-order valence-corrected chi connectivity index (χ0v) is 18.7. The van der Waals surface area contributed by atoms with Gasteiger partial charge in [0.15, 0.2) is 0 Å². The van der Waals surface area contributed by atoms with E-state index in [1.807, 2.05) is 49.4 Å². The van der Waals surface area contributed by atoms with Crippen LogP contribution in [0.1, 0.15) is 26.3 Å². The Kier molecular flexibility index (Phi) is 5.83. The molecule has 1 fully saturated rings. The highest BCUT2D eigenvalue weighted by Gasteiger charge is 2.38. The van der Waals surface area contributed by atoms with Gasteiger partial charge in [-0.25, -0.2) is 9.59 Å². The summed E-state index contributed by atoms with van der Waals surface area (Å²) in [5, 5.41) is 10.5. The number of fused-ring (bicyclic) bond motifs is 1. The number of hydrogen-bond acceptors (Lipinski definition) is 6. The van der Waals surface area contributed by atoms with Crippen molar-refractivity contribution in [1.82, 2.24) is 0 Å². The fraction of sp³-hybridized carbons (Fsp3) is 0.417. The van der Waals surface area contributed by atoms with Gasteiger partial charge in [0, 0.05) is 0 Å². The molecule has 2 aromatic carbocycles. The number of ether oxygens (including phenoxy) is 3. The second kappa shape index (κ2) is 8.44. The molecule has 0 spiro atoms. The number of hydrogen-bond donors (Lipinski definition) is 1. The fourth-order valence-corrected chi connectivity index (χ4v) is 4.05. The second-order valence-corrected chi connectivity index (χ2v) is 8.54. The fourth-order valence-electron chi connectivity index (χ4n) is 4.05. The van der Waals surface area contributed by atoms with Crippen LogP contribution in [-0.4, -0.2) is 56.3 Å². The number of benzene rings is 2. The Bertz CT molecular complexity index is 1020. The molecule has 0 bridgehead atoms. The first kappa shape index (κ1) is 22.1. The Hall–Kier alpha value is -3.10. The van der Waals surface area contributed by atoms with Gasteiger partial charge < -0.3 is 19.3 Å². The third-order valence-electron chi connectivity index (χ3n) is 5.78. The molecule has 2 aliphatic heterocycles. The molecule has 2 heterocycles. The molecule has 0 unspecified atom stereocenters. The highest BCUT2D eigenvalue weighted by molar-refractivity contribution is 6.01. The standard InChI is InChI=1S/C24H28N2O6/c1-15(2)32-22(27)25-12-16(3)26(23(28)30-4)20-10-7-18(11-21(20)25)17-5-8-19(9-6-17)24(29)13-31-14-24/h5-11,15-16,29H,12-14H2,1-4H3/t16-/m0/s1. The number of anilines is 2. The van der Waals surface area contributed by atoms with Crippen molar-refractivity contribution in [2.24, 2.45) is 0 Å². The van der Waals surface area contributed by atoms with E-state index in [0.29, 0.717) is 24.6 Å². The zero-order valence-electron chi connectivity index (χ0n) is 18.7. The van der Waals surface area contributed by atoms with Crippen LogP contribution < -0.4 is 9.80 Å². The van der Waals surface area contributed by atoms with E-state index >= 15 is 0 Å². The third-order valence-corrected chi connectivity index (χ3v) is 5.78. The number of rotatable bonds is 3. The first-order valence-corrected chi connectivity index (χ1v) is 10.6. The van der Waals surface area contributed by atoms with Crippen LogP contribution in [-0.2, 0) is 19.8 Å². The summed E-state index contributed by atoms with van der Waals surface area (Å²) in [5.74, 6) is 0. The summed E-state index contributed by atoms with van der Waals surface area (Å²) in [4.78, 5) is 28.4. The molecular weight excluding hydrogens is 412 g/mol. The predicted molar refractivity (Wildman–Crippen MR) is 120 cm³/mol. The summed E-state index contributed by atoms with van der Waals surface area (Å²) in [5.41, 5.74) is 2.82. The van der Waals surface area contributed by atoms with E-state index in [-0.39, 0.29) is 18.7 Å². The second-order valence-electron chi connectivity index (χ2n) is 8.54. The minimum Gasteiger partial charge on any atom is -0.452 e. The summed E-state index contributed by atoms with van der Waals surface area (Å²) in [6, 6.07) is 12.9. The average molecular weight is 440 g/mol. The van der Waals surface area contributed by atoms with Gasteiger partial charge in [0.1, 0.15) is 5.60 Å². The lowest BCUT2D eigenvalue weighted by Gasteiger charge is -2.40. The number of amides is 2. The first-order valence-electron chi connectivity index (χ1n) is 10.6. The van der Waals surface area contributed by atoms with E-state index in [1.54, 1.807) is 23.6 Å². The largest absolute Gasteiger partial charge is 0.452 e. The lowest BCUT2D eigenvalue weighted by molar-refractivity contribution is -0.184. The molecule has 0 saturated carbocycles. The van der Waals surface area contributed by atoms with E-state index in [2.05, 4.69) is 0 Å². The lowest BCUT2D eigenvalue weighted by atomic mass is 9.90. The quantitative estimate of drug-likeness (QED) is 0.779. The van der Waals surface area contributed by atoms with Gasteiger partial charge in [-0.3, -0.25) is 9.80 Å². The smallest absolute Gasteiger partial charge is 0.414 e. The van der Waals surface area contributed by atoms with Gasteiger partial charge in [-0.1, -0.05) is 30.3 Å². The summed E-state index contributed by atoms with van der Waals surface area (Å²) in [6.45, 7) is 6.32. The van der Waals surface area contributed by atoms with Gasteiger partial charge in [0.05, 0.1) is 50.4 Å². The van der Waals surface area contributed by atoms with Crippen molar-refractivity contribution in [3.05, 3.63) is 48.0 Å². The minimum atomic E-state index is -0.928. The molecule has 1 N–H and O–H groups in total. The number of carbonyl (C=O) groups excluding carboxylic acids is 2. The molecule has 2 aliphatic rings. The maximum absolute atomic E-state index is 12.8. The van der Waals surface area contributed by atoms with Gasteiger partial charge in [0.25, 0.3) is 0 Å². The molecule has 1 saturated heterocycles. The van der Waals surface area contributed by atoms with Gasteiger partial charge >= 0.3 is 12.2 Å². The molecule has 2 aromatic rings. The summed E-state index contributed by atoms with van der Waals surface area (Å²) in [7, 11) is 1.34. The maximum Gasteiger partial charge on any atom is 0.414 e. The van der Waals surface area contributed by atoms with E-state index in [1.165, 1.54) is 7.11 Å². The summed E-state index contributed by atoms with van der Waals surface area (Å²) < 4.78 is 15.6. The van der Waals surface area contributed by atoms with Crippen LogP contribution in [0.15, 0.2) is 42.5 Å². The number of aliphatic hydroxyl groups is 1. The summed E-state index contributed by atoms with van der Waals surface area (Å²) >= 11 is 0. The van der Waals surface area contributed by atoms with Crippen molar-refractivity contribution < 1.29 is 28.9 Å². The van der Waals surface area contributed by atoms with Gasteiger partial charge in [-0.15, -0.1) is 0 Å². The molecule has 0 radical (unpaired) electrons. The van der Waals surface area contributed by atoms with Crippen molar-refractivity contribution in [2.45, 2.75) is 38.5 Å². The van der Waals surface area contributed by atoms with Crippen molar-refractivity contribution in [3.63, 3.8) is 0 Å². The number of nitrogens with zero attached hydrogens (tertiary/aromatic N) is 2. The average Bonchev–Trinajstić information content (AvgIpc) is 2.75. The topological polar surface area (TPSA) is 88.5 Å². The van der Waals surface area contributed by atoms with E-state index in [9.17, 15) is 14.7 Å². The normalized spacial score (nSPS) is 19.2. The van der Waals surface area contributed by atoms with Crippen LogP contribution in [0, 0.1) is 0 Å². The Labute approximate surface area is 187 Å². The molecule has 2 amide bonds. The van der Waals surface area contributed by atoms with E-state index in [4.69, 9.17) is 14.2 Å². The van der Waals surface area contributed by atoms with E-state index < -0.39 is 17.8 Å². The lowest BCUT2D eigenvalue weighted by Crippen LogP contribution is -2.52. The molecule has 32 heavy (non-hydrogen) atoms. The molecule has 8 heteroatoms. The number of carbonyl (C=O) groups is 2. The predicted octanol–water partition coefficient (Wildman–Crippen LogP) is 3.90. The molecule has 8 nitrogen and oxygen atoms in total. The molecule has 0 aromatic heterocycles. The first-order chi connectivity index (χ1) is 15.2. The minimum absolute atomic E-state index is 0.267. The Morgan fingerprint density at radius 2 is 1.72 bits per heavy atom. The summed E-state index contributed by atoms with van der Waals surface area (Å²) in [6.07, 6.45) is -1.21. The Morgan fingerprint density at radius 1 is 1.06 bits per heavy atom. The Balaban J connectivity index is 1.73. The van der Waals surface area contributed by atoms with Gasteiger partial charge in [-0.2, -0.15) is 0 Å². The van der Waals surface area contributed by atoms with Crippen LogP contribution in [0.25, 0.3) is 11.1 Å². The number of methoxy groups -OCH3 is 1. The van der Waals surface area contributed by atoms with Crippen molar-refractivity contribution in [1.29, 1.82) is 0 Å². The SMILES string of the molecule is COC(=O)N1c2ccc(-c3ccc(C4(O)COC4)cc3)cc2N(C(=O)OC(C)C)C[C@@H]1C. The molecule has 170 valence electrons. The van der Waals surface area contributed by atoms with Crippen molar-refractivity contribution in [3.8, 4) is 11.1 Å². The molecule has 1 atom stereocenters. The third kappa shape index (κ3) is 3.91. The van der Waals surface area contributed by atoms with Gasteiger partial charge in [0.2, 0.25) is 0 Å². The maximum atomic E-state index is 12.8. The van der Waals surface area contributed by atoms with Crippen LogP contribution in [0.5, 0.6) is 0 Å². The van der Waals surface area contributed by atoms with Crippen molar-refractivity contribution >= 4 is 23.6 Å². The van der Waals surface area contributed by atoms with Crippen LogP contribution in [0.4, 0.5) is 21.0 Å². The van der Waals surface area contributed by atoms with Crippen LogP contribution >= 0.6 is 0 Å². The monoisotopic (exact) mass is 440 g/mol. The molecule has 0 aliphatic carbocycles. The van der Waals surface area contributed by atoms with Gasteiger partial charge in [-0.05, 0) is 49.6 Å². The zero-order chi connectivity index (χ0) is 23.0. The van der Waals surface area contributed by atoms with Crippen LogP contribution in [0.2, 0.25) is 0 Å². The van der Waals surface area contributed by atoms with Crippen LogP contribution in [0.3, 0.4) is 0 Å². The van der Waals surface area contributed by atoms with Crippen molar-refractivity contribution in [2.75, 3.05) is 36.7 Å². The highest BCUT2D eigenvalue weighted by Crippen LogP contribution is 2.40. The Morgan fingerprint density at radius 3 is 2.28 bits per heavy atom.